The highest BCUT2D eigenvalue weighted by Gasteiger charge is 2.44. The second kappa shape index (κ2) is 7.28. The van der Waals surface area contributed by atoms with Crippen molar-refractivity contribution in [3.63, 3.8) is 0 Å². The third kappa shape index (κ3) is 3.20. The molecule has 11 heteroatoms. The molecule has 0 amide bonds. The minimum absolute atomic E-state index is 0.0939. The molecule has 152 valence electrons. The predicted octanol–water partition coefficient (Wildman–Crippen LogP) is 1.85. The van der Waals surface area contributed by atoms with Gasteiger partial charge in [-0.25, -0.2) is 14.4 Å². The standard InChI is InChI=1S/C18H21ClN8OS/c19-14-11(1-4-22-15(14)21)29-12-7-23-17(27-10-24-25-16(12)27)26-5-2-18(3-6-26)9-28-8-13(18)20/h1,4,7,10,13H,2-3,5-6,8-9,20H2,(H2,21,22). The Labute approximate surface area is 176 Å². The Balaban J connectivity index is 1.42. The number of ether oxygens (including phenoxy) is 1. The molecule has 0 aliphatic carbocycles. The molecular formula is C18H21ClN8OS. The van der Waals surface area contributed by atoms with Crippen LogP contribution in [-0.2, 0) is 4.74 Å². The summed E-state index contributed by atoms with van der Waals surface area (Å²) in [7, 11) is 0. The van der Waals surface area contributed by atoms with Crippen molar-refractivity contribution in [1.82, 2.24) is 24.6 Å². The van der Waals surface area contributed by atoms with E-state index in [1.807, 2.05) is 16.7 Å². The van der Waals surface area contributed by atoms with Crippen LogP contribution >= 0.6 is 23.4 Å². The maximum absolute atomic E-state index is 6.31. The van der Waals surface area contributed by atoms with Crippen molar-refractivity contribution in [2.45, 2.75) is 28.7 Å². The number of pyridine rings is 1. The lowest BCUT2D eigenvalue weighted by molar-refractivity contribution is 0.131. The quantitative estimate of drug-likeness (QED) is 0.638. The van der Waals surface area contributed by atoms with E-state index in [1.54, 1.807) is 12.5 Å². The van der Waals surface area contributed by atoms with Gasteiger partial charge in [0, 0.05) is 41.8 Å². The van der Waals surface area contributed by atoms with Gasteiger partial charge in [-0.15, -0.1) is 10.2 Å². The maximum Gasteiger partial charge on any atom is 0.212 e. The minimum atomic E-state index is 0.0939. The predicted molar refractivity (Wildman–Crippen MR) is 111 cm³/mol. The van der Waals surface area contributed by atoms with Gasteiger partial charge in [0.05, 0.1) is 23.1 Å². The van der Waals surface area contributed by atoms with E-state index in [0.29, 0.717) is 17.4 Å². The number of nitrogen functional groups attached to an aromatic ring is 1. The Bertz CT molecular complexity index is 1050. The summed E-state index contributed by atoms with van der Waals surface area (Å²) < 4.78 is 7.55. The van der Waals surface area contributed by atoms with Crippen molar-refractivity contribution in [2.24, 2.45) is 11.1 Å². The van der Waals surface area contributed by atoms with Crippen LogP contribution < -0.4 is 16.4 Å². The van der Waals surface area contributed by atoms with Crippen LogP contribution in [-0.4, -0.2) is 56.9 Å². The van der Waals surface area contributed by atoms with Gasteiger partial charge in [-0.05, 0) is 18.9 Å². The van der Waals surface area contributed by atoms with Gasteiger partial charge in [0.25, 0.3) is 0 Å². The summed E-state index contributed by atoms with van der Waals surface area (Å²) in [5, 5.41) is 8.83. The first-order chi connectivity index (χ1) is 14.1. The number of piperidine rings is 1. The van der Waals surface area contributed by atoms with E-state index in [-0.39, 0.29) is 11.5 Å². The van der Waals surface area contributed by atoms with E-state index in [9.17, 15) is 0 Å². The van der Waals surface area contributed by atoms with Crippen LogP contribution in [0.3, 0.4) is 0 Å². The van der Waals surface area contributed by atoms with Crippen LogP contribution in [0.4, 0.5) is 11.8 Å². The van der Waals surface area contributed by atoms with Gasteiger partial charge in [-0.1, -0.05) is 23.4 Å². The Morgan fingerprint density at radius 1 is 1.24 bits per heavy atom. The van der Waals surface area contributed by atoms with Crippen LogP contribution in [0.2, 0.25) is 5.02 Å². The van der Waals surface area contributed by atoms with Gasteiger partial charge in [0.15, 0.2) is 5.65 Å². The van der Waals surface area contributed by atoms with Crippen molar-refractivity contribution in [3.05, 3.63) is 29.8 Å². The molecule has 0 aromatic carbocycles. The largest absolute Gasteiger partial charge is 0.382 e. The number of hydrogen-bond donors (Lipinski definition) is 2. The molecule has 0 saturated carbocycles. The number of nitrogens with two attached hydrogens (primary N) is 2. The number of halogens is 1. The first kappa shape index (κ1) is 18.9. The fraction of sp³-hybridized carbons (Fsp3) is 0.444. The van der Waals surface area contributed by atoms with Gasteiger partial charge in [0.2, 0.25) is 5.95 Å². The van der Waals surface area contributed by atoms with Crippen molar-refractivity contribution in [1.29, 1.82) is 0 Å². The lowest BCUT2D eigenvalue weighted by atomic mass is 9.75. The Hall–Kier alpha value is -2.14. The zero-order valence-electron chi connectivity index (χ0n) is 15.7. The molecule has 0 radical (unpaired) electrons. The molecule has 9 nitrogen and oxygen atoms in total. The first-order valence-corrected chi connectivity index (χ1v) is 10.6. The van der Waals surface area contributed by atoms with Crippen LogP contribution in [0, 0.1) is 5.41 Å². The van der Waals surface area contributed by atoms with Crippen LogP contribution in [0.15, 0.2) is 34.6 Å². The van der Waals surface area contributed by atoms with Crippen LogP contribution in [0.1, 0.15) is 12.8 Å². The monoisotopic (exact) mass is 432 g/mol. The summed E-state index contributed by atoms with van der Waals surface area (Å²) in [6.07, 6.45) is 7.11. The third-order valence-corrected chi connectivity index (χ3v) is 7.47. The second-order valence-electron chi connectivity index (χ2n) is 7.53. The first-order valence-electron chi connectivity index (χ1n) is 9.42. The molecule has 2 aliphatic rings. The Kier molecular flexibility index (Phi) is 4.73. The van der Waals surface area contributed by atoms with Gasteiger partial charge >= 0.3 is 0 Å². The van der Waals surface area contributed by atoms with Crippen LogP contribution in [0.5, 0.6) is 0 Å². The molecular weight excluding hydrogens is 412 g/mol. The van der Waals surface area contributed by atoms with Gasteiger partial charge in [-0.2, -0.15) is 0 Å². The maximum atomic E-state index is 6.31. The second-order valence-corrected chi connectivity index (χ2v) is 8.99. The number of fused-ring (bicyclic) bond motifs is 1. The van der Waals surface area contributed by atoms with Crippen molar-refractivity contribution in [3.8, 4) is 0 Å². The van der Waals surface area contributed by atoms with Crippen molar-refractivity contribution < 1.29 is 4.74 Å². The molecule has 0 bridgehead atoms. The number of nitrogens with zero attached hydrogens (tertiary/aromatic N) is 6. The molecule has 3 aromatic rings. The Morgan fingerprint density at radius 3 is 2.83 bits per heavy atom. The smallest absolute Gasteiger partial charge is 0.212 e. The fourth-order valence-electron chi connectivity index (χ4n) is 4.07. The van der Waals surface area contributed by atoms with E-state index >= 15 is 0 Å². The van der Waals surface area contributed by atoms with Crippen molar-refractivity contribution >= 4 is 40.8 Å². The molecule has 2 aliphatic heterocycles. The average Bonchev–Trinajstić information content (AvgIpc) is 3.35. The molecule has 29 heavy (non-hydrogen) atoms. The van der Waals surface area contributed by atoms with E-state index in [2.05, 4.69) is 20.1 Å². The van der Waals surface area contributed by atoms with Gasteiger partial charge in [-0.3, -0.25) is 0 Å². The summed E-state index contributed by atoms with van der Waals surface area (Å²) in [4.78, 5) is 12.6. The zero-order chi connectivity index (χ0) is 20.0. The minimum Gasteiger partial charge on any atom is -0.382 e. The molecule has 1 atom stereocenters. The van der Waals surface area contributed by atoms with E-state index in [4.69, 9.17) is 32.8 Å². The summed E-state index contributed by atoms with van der Waals surface area (Å²) in [6.45, 7) is 3.15. The normalized spacial score (nSPS) is 21.3. The van der Waals surface area contributed by atoms with E-state index in [1.165, 1.54) is 11.8 Å². The highest BCUT2D eigenvalue weighted by Crippen LogP contribution is 2.40. The number of rotatable bonds is 3. The average molecular weight is 433 g/mol. The highest BCUT2D eigenvalue weighted by atomic mass is 35.5. The number of aromatic nitrogens is 5. The molecule has 4 N–H and O–H groups in total. The van der Waals surface area contributed by atoms with Crippen molar-refractivity contribution in [2.75, 3.05) is 36.9 Å². The summed E-state index contributed by atoms with van der Waals surface area (Å²) in [6, 6.07) is 1.94. The third-order valence-electron chi connectivity index (χ3n) is 5.90. The molecule has 5 rings (SSSR count). The lowest BCUT2D eigenvalue weighted by Crippen LogP contribution is -2.49. The SMILES string of the molecule is Nc1nccc(Sc2cnc(N3CCC4(CC3)COCC4N)n3cnnc23)c1Cl. The molecule has 5 heterocycles. The topological polar surface area (TPSA) is 120 Å². The molecule has 3 aromatic heterocycles. The zero-order valence-corrected chi connectivity index (χ0v) is 17.2. The number of hydrogen-bond acceptors (Lipinski definition) is 9. The Morgan fingerprint density at radius 2 is 2.07 bits per heavy atom. The summed E-state index contributed by atoms with van der Waals surface area (Å²) in [5.41, 5.74) is 12.9. The number of anilines is 2. The fourth-order valence-corrected chi connectivity index (χ4v) is 5.19. The van der Waals surface area contributed by atoms with E-state index in [0.717, 1.165) is 53.9 Å². The molecule has 1 unspecified atom stereocenters. The van der Waals surface area contributed by atoms with Gasteiger partial charge in [0.1, 0.15) is 12.1 Å². The molecule has 2 fully saturated rings. The van der Waals surface area contributed by atoms with E-state index < -0.39 is 0 Å². The highest BCUT2D eigenvalue weighted by molar-refractivity contribution is 7.99. The lowest BCUT2D eigenvalue weighted by Gasteiger charge is -2.41. The van der Waals surface area contributed by atoms with Crippen LogP contribution in [0.25, 0.3) is 5.65 Å². The summed E-state index contributed by atoms with van der Waals surface area (Å²) >= 11 is 7.74. The molecule has 1 spiro atoms. The summed E-state index contributed by atoms with van der Waals surface area (Å²) in [5.74, 6) is 1.13. The molecule has 2 saturated heterocycles. The van der Waals surface area contributed by atoms with Gasteiger partial charge < -0.3 is 21.1 Å².